The molecule has 1 fully saturated rings. The summed E-state index contributed by atoms with van der Waals surface area (Å²) in [7, 11) is 0. The number of fused-ring (bicyclic) bond motifs is 1. The number of carbonyl (C=O) groups is 1. The second kappa shape index (κ2) is 7.26. The van der Waals surface area contributed by atoms with E-state index in [0.717, 1.165) is 43.7 Å². The van der Waals surface area contributed by atoms with E-state index in [1.807, 2.05) is 12.3 Å². The fourth-order valence-electron chi connectivity index (χ4n) is 3.99. The van der Waals surface area contributed by atoms with Crippen molar-refractivity contribution >= 4 is 11.7 Å². The van der Waals surface area contributed by atoms with Gasteiger partial charge in [0.05, 0.1) is 5.92 Å². The lowest BCUT2D eigenvalue weighted by molar-refractivity contribution is -0.123. The first-order chi connectivity index (χ1) is 12.3. The Morgan fingerprint density at radius 3 is 2.76 bits per heavy atom. The molecule has 2 aliphatic rings. The average molecular weight is 335 g/mol. The lowest BCUT2D eigenvalue weighted by atomic mass is 9.82. The van der Waals surface area contributed by atoms with E-state index < -0.39 is 0 Å². The van der Waals surface area contributed by atoms with Crippen LogP contribution in [0.5, 0.6) is 0 Å². The monoisotopic (exact) mass is 335 g/mol. The standard InChI is InChI=1S/C21H25N3O/c25-21(19-9-5-7-17-6-1-2-8-18(17)19)23-15-16-10-11-20(22-14-16)24-12-3-4-13-24/h1-2,6,8,10-11,14,19H,3-5,7,9,12-13,15H2,(H,23,25). The van der Waals surface area contributed by atoms with Crippen LogP contribution in [0.2, 0.25) is 0 Å². The van der Waals surface area contributed by atoms with Gasteiger partial charge in [0.25, 0.3) is 0 Å². The van der Waals surface area contributed by atoms with Gasteiger partial charge >= 0.3 is 0 Å². The van der Waals surface area contributed by atoms with Crippen LogP contribution in [0.25, 0.3) is 0 Å². The quantitative estimate of drug-likeness (QED) is 0.931. The summed E-state index contributed by atoms with van der Waals surface area (Å²) < 4.78 is 0. The van der Waals surface area contributed by atoms with Crippen molar-refractivity contribution < 1.29 is 4.79 Å². The van der Waals surface area contributed by atoms with Crippen LogP contribution in [0.3, 0.4) is 0 Å². The molecule has 4 rings (SSSR count). The number of amides is 1. The van der Waals surface area contributed by atoms with E-state index in [1.54, 1.807) is 0 Å². The van der Waals surface area contributed by atoms with Crippen molar-refractivity contribution in [2.45, 2.75) is 44.6 Å². The highest BCUT2D eigenvalue weighted by atomic mass is 16.1. The molecular formula is C21H25N3O. The number of hydrogen-bond acceptors (Lipinski definition) is 3. The largest absolute Gasteiger partial charge is 0.357 e. The number of carbonyl (C=O) groups excluding carboxylic acids is 1. The molecule has 130 valence electrons. The molecule has 1 N–H and O–H groups in total. The van der Waals surface area contributed by atoms with Gasteiger partial charge in [-0.2, -0.15) is 0 Å². The Bertz CT molecular complexity index is 735. The molecule has 25 heavy (non-hydrogen) atoms. The van der Waals surface area contributed by atoms with Crippen LogP contribution in [0.1, 0.15) is 48.3 Å². The zero-order valence-corrected chi connectivity index (χ0v) is 14.6. The highest BCUT2D eigenvalue weighted by Gasteiger charge is 2.25. The molecular weight excluding hydrogens is 310 g/mol. The van der Waals surface area contributed by atoms with Crippen LogP contribution >= 0.6 is 0 Å². The molecule has 4 nitrogen and oxygen atoms in total. The number of benzene rings is 1. The molecule has 2 aromatic rings. The first-order valence-corrected chi connectivity index (χ1v) is 9.36. The van der Waals surface area contributed by atoms with Gasteiger partial charge in [-0.1, -0.05) is 30.3 Å². The summed E-state index contributed by atoms with van der Waals surface area (Å²) in [5.74, 6) is 1.17. The smallest absolute Gasteiger partial charge is 0.227 e. The molecule has 1 atom stereocenters. The number of hydrogen-bond donors (Lipinski definition) is 1. The third kappa shape index (κ3) is 3.53. The number of anilines is 1. The molecule has 0 radical (unpaired) electrons. The minimum Gasteiger partial charge on any atom is -0.357 e. The van der Waals surface area contributed by atoms with Crippen LogP contribution in [-0.2, 0) is 17.8 Å². The van der Waals surface area contributed by atoms with E-state index in [-0.39, 0.29) is 11.8 Å². The summed E-state index contributed by atoms with van der Waals surface area (Å²) in [5.41, 5.74) is 3.58. The lowest BCUT2D eigenvalue weighted by Crippen LogP contribution is -2.31. The minimum atomic E-state index is -0.0122. The maximum absolute atomic E-state index is 12.7. The van der Waals surface area contributed by atoms with Crippen LogP contribution in [0.15, 0.2) is 42.6 Å². The van der Waals surface area contributed by atoms with Gasteiger partial charge in [-0.3, -0.25) is 4.79 Å². The summed E-state index contributed by atoms with van der Waals surface area (Å²) >= 11 is 0. The van der Waals surface area contributed by atoms with E-state index in [4.69, 9.17) is 0 Å². The van der Waals surface area contributed by atoms with Gasteiger partial charge in [0.15, 0.2) is 0 Å². The Kier molecular flexibility index (Phi) is 4.68. The predicted octanol–water partition coefficient (Wildman–Crippen LogP) is 3.42. The molecule has 1 amide bonds. The van der Waals surface area contributed by atoms with Gasteiger partial charge in [0, 0.05) is 25.8 Å². The van der Waals surface area contributed by atoms with E-state index in [1.165, 1.54) is 24.0 Å². The molecule has 1 aliphatic carbocycles. The number of rotatable bonds is 4. The fourth-order valence-corrected chi connectivity index (χ4v) is 3.99. The normalized spacial score (nSPS) is 19.5. The number of aromatic nitrogens is 1. The average Bonchev–Trinajstić information content (AvgIpc) is 3.21. The summed E-state index contributed by atoms with van der Waals surface area (Å²) in [5, 5.41) is 3.11. The molecule has 0 spiro atoms. The molecule has 0 saturated carbocycles. The zero-order chi connectivity index (χ0) is 17.1. The first-order valence-electron chi connectivity index (χ1n) is 9.36. The van der Waals surface area contributed by atoms with Crippen molar-refractivity contribution in [3.8, 4) is 0 Å². The zero-order valence-electron chi connectivity index (χ0n) is 14.6. The van der Waals surface area contributed by atoms with Crippen molar-refractivity contribution in [3.05, 3.63) is 59.3 Å². The number of nitrogens with one attached hydrogen (secondary N) is 1. The summed E-state index contributed by atoms with van der Waals surface area (Å²) in [4.78, 5) is 19.6. The topological polar surface area (TPSA) is 45.2 Å². The Hall–Kier alpha value is -2.36. The second-order valence-corrected chi connectivity index (χ2v) is 7.08. The van der Waals surface area contributed by atoms with Crippen molar-refractivity contribution in [2.75, 3.05) is 18.0 Å². The lowest BCUT2D eigenvalue weighted by Gasteiger charge is -2.24. The van der Waals surface area contributed by atoms with Gasteiger partial charge < -0.3 is 10.2 Å². The van der Waals surface area contributed by atoms with Crippen molar-refractivity contribution in [1.29, 1.82) is 0 Å². The number of nitrogens with zero attached hydrogens (tertiary/aromatic N) is 2. The molecule has 1 unspecified atom stereocenters. The fraction of sp³-hybridized carbons (Fsp3) is 0.429. The molecule has 2 heterocycles. The maximum Gasteiger partial charge on any atom is 0.227 e. The third-order valence-electron chi connectivity index (χ3n) is 5.39. The van der Waals surface area contributed by atoms with E-state index in [2.05, 4.69) is 45.5 Å². The Morgan fingerprint density at radius 1 is 1.12 bits per heavy atom. The van der Waals surface area contributed by atoms with Crippen LogP contribution < -0.4 is 10.2 Å². The van der Waals surface area contributed by atoms with Gasteiger partial charge in [0.1, 0.15) is 5.82 Å². The molecule has 1 aromatic heterocycles. The maximum atomic E-state index is 12.7. The minimum absolute atomic E-state index is 0.0122. The van der Waals surface area contributed by atoms with Gasteiger partial charge in [-0.05, 0) is 54.9 Å². The molecule has 0 bridgehead atoms. The number of aryl methyl sites for hydroxylation is 1. The Balaban J connectivity index is 1.37. The van der Waals surface area contributed by atoms with Crippen LogP contribution in [-0.4, -0.2) is 24.0 Å². The van der Waals surface area contributed by atoms with Gasteiger partial charge in [-0.25, -0.2) is 4.98 Å². The van der Waals surface area contributed by atoms with Crippen molar-refractivity contribution in [2.24, 2.45) is 0 Å². The predicted molar refractivity (Wildman–Crippen MR) is 99.7 cm³/mol. The van der Waals surface area contributed by atoms with Gasteiger partial charge in [-0.15, -0.1) is 0 Å². The molecule has 4 heteroatoms. The first kappa shape index (κ1) is 16.1. The Labute approximate surface area is 149 Å². The van der Waals surface area contributed by atoms with E-state index in [0.29, 0.717) is 6.54 Å². The highest BCUT2D eigenvalue weighted by Crippen LogP contribution is 2.31. The van der Waals surface area contributed by atoms with Crippen LogP contribution in [0.4, 0.5) is 5.82 Å². The summed E-state index contributed by atoms with van der Waals surface area (Å²) in [6.07, 6.45) is 7.51. The van der Waals surface area contributed by atoms with Crippen molar-refractivity contribution in [1.82, 2.24) is 10.3 Å². The number of pyridine rings is 1. The second-order valence-electron chi connectivity index (χ2n) is 7.08. The molecule has 1 aromatic carbocycles. The highest BCUT2D eigenvalue weighted by molar-refractivity contribution is 5.84. The van der Waals surface area contributed by atoms with E-state index >= 15 is 0 Å². The summed E-state index contributed by atoms with van der Waals surface area (Å²) in [6, 6.07) is 12.5. The molecule has 1 aliphatic heterocycles. The van der Waals surface area contributed by atoms with E-state index in [9.17, 15) is 4.79 Å². The van der Waals surface area contributed by atoms with Crippen molar-refractivity contribution in [3.63, 3.8) is 0 Å². The summed E-state index contributed by atoms with van der Waals surface area (Å²) in [6.45, 7) is 2.75. The SMILES string of the molecule is O=C(NCc1ccc(N2CCCC2)nc1)C1CCCc2ccccc21. The molecule has 1 saturated heterocycles. The van der Waals surface area contributed by atoms with Crippen LogP contribution in [0, 0.1) is 0 Å². The Morgan fingerprint density at radius 2 is 1.96 bits per heavy atom. The van der Waals surface area contributed by atoms with Gasteiger partial charge in [0.2, 0.25) is 5.91 Å². The third-order valence-corrected chi connectivity index (χ3v) is 5.39.